The van der Waals surface area contributed by atoms with E-state index in [0.717, 1.165) is 12.1 Å². The number of carbonyl (C=O) groups is 1. The first-order chi connectivity index (χ1) is 12.2. The van der Waals surface area contributed by atoms with Crippen molar-refractivity contribution in [3.8, 4) is 11.3 Å². The summed E-state index contributed by atoms with van der Waals surface area (Å²) in [5, 5.41) is 11.2. The van der Waals surface area contributed by atoms with Crippen molar-refractivity contribution in [2.24, 2.45) is 5.92 Å². The van der Waals surface area contributed by atoms with E-state index < -0.39 is 0 Å². The van der Waals surface area contributed by atoms with Gasteiger partial charge in [-0.05, 0) is 18.6 Å². The van der Waals surface area contributed by atoms with E-state index >= 15 is 0 Å². The Kier molecular flexibility index (Phi) is 4.46. The number of ether oxygens (including phenoxy) is 2. The van der Waals surface area contributed by atoms with Gasteiger partial charge in [0, 0.05) is 18.7 Å². The summed E-state index contributed by atoms with van der Waals surface area (Å²) < 4.78 is 26.2. The van der Waals surface area contributed by atoms with Crippen LogP contribution in [-0.2, 0) is 27.4 Å². The van der Waals surface area contributed by atoms with E-state index in [9.17, 15) is 9.18 Å². The highest BCUT2D eigenvalue weighted by atomic mass is 19.1. The number of carbonyl (C=O) groups excluding carboxylic acids is 1. The number of hydrogen-bond acceptors (Lipinski definition) is 5. The molecule has 132 valence electrons. The molecule has 0 unspecified atom stereocenters. The summed E-state index contributed by atoms with van der Waals surface area (Å²) in [5.41, 5.74) is 2.13. The lowest BCUT2D eigenvalue weighted by atomic mass is 10.1. The molecular weight excluding hydrogens is 327 g/mol. The number of hydrogen-bond donors (Lipinski definition) is 1. The lowest BCUT2D eigenvalue weighted by Gasteiger charge is -2.24. The Morgan fingerprint density at radius 2 is 2.36 bits per heavy atom. The topological polar surface area (TPSA) is 78.3 Å². The van der Waals surface area contributed by atoms with Gasteiger partial charge in [-0.1, -0.05) is 17.3 Å². The zero-order valence-corrected chi connectivity index (χ0v) is 13.7. The van der Waals surface area contributed by atoms with Gasteiger partial charge in [0.2, 0.25) is 5.91 Å². The van der Waals surface area contributed by atoms with Gasteiger partial charge in [0.1, 0.15) is 11.5 Å². The number of halogens is 1. The van der Waals surface area contributed by atoms with E-state index in [0.29, 0.717) is 44.2 Å². The van der Waals surface area contributed by atoms with Crippen molar-refractivity contribution in [1.29, 1.82) is 0 Å². The summed E-state index contributed by atoms with van der Waals surface area (Å²) in [6.07, 6.45) is 0.600. The molecule has 4 rings (SSSR count). The molecule has 1 amide bonds. The third-order valence-electron chi connectivity index (χ3n) is 4.57. The molecule has 0 saturated carbocycles. The average molecular weight is 346 g/mol. The van der Waals surface area contributed by atoms with Crippen LogP contribution in [0.25, 0.3) is 11.3 Å². The average Bonchev–Trinajstić information content (AvgIpc) is 3.29. The number of benzene rings is 1. The van der Waals surface area contributed by atoms with Gasteiger partial charge in [0.05, 0.1) is 37.5 Å². The zero-order valence-electron chi connectivity index (χ0n) is 13.7. The van der Waals surface area contributed by atoms with Crippen molar-refractivity contribution in [1.82, 2.24) is 20.3 Å². The number of rotatable bonds is 4. The van der Waals surface area contributed by atoms with Crippen LogP contribution in [0.5, 0.6) is 0 Å². The first kappa shape index (κ1) is 16.2. The summed E-state index contributed by atoms with van der Waals surface area (Å²) in [7, 11) is 0. The predicted octanol–water partition coefficient (Wildman–Crippen LogP) is 1.14. The highest BCUT2D eigenvalue weighted by molar-refractivity contribution is 5.79. The molecule has 1 fully saturated rings. The molecule has 7 nitrogen and oxygen atoms in total. The monoisotopic (exact) mass is 346 g/mol. The lowest BCUT2D eigenvalue weighted by Crippen LogP contribution is -2.41. The molecule has 0 bridgehead atoms. The summed E-state index contributed by atoms with van der Waals surface area (Å²) in [5.74, 6) is -0.372. The second kappa shape index (κ2) is 6.89. The zero-order chi connectivity index (χ0) is 17.2. The molecule has 2 aliphatic heterocycles. The first-order valence-corrected chi connectivity index (χ1v) is 8.36. The van der Waals surface area contributed by atoms with E-state index in [1.807, 2.05) is 0 Å². The van der Waals surface area contributed by atoms with Crippen molar-refractivity contribution < 1.29 is 18.7 Å². The smallest absolute Gasteiger partial charge is 0.225 e. The Balaban J connectivity index is 1.40. The van der Waals surface area contributed by atoms with Crippen molar-refractivity contribution in [3.63, 3.8) is 0 Å². The molecule has 8 heteroatoms. The van der Waals surface area contributed by atoms with Crippen LogP contribution in [0.2, 0.25) is 0 Å². The number of aromatic nitrogens is 3. The molecule has 1 saturated heterocycles. The minimum Gasteiger partial charge on any atom is -0.381 e. The largest absolute Gasteiger partial charge is 0.381 e. The van der Waals surface area contributed by atoms with Gasteiger partial charge < -0.3 is 14.8 Å². The minimum absolute atomic E-state index is 0.00550. The SMILES string of the molecule is O=C(NC[C@@H]1Cn2nnc(-c3cccc(F)c3)c2CO1)[C@H]1CCOC1. The lowest BCUT2D eigenvalue weighted by molar-refractivity contribution is -0.126. The second-order valence-electron chi connectivity index (χ2n) is 6.32. The molecule has 2 aromatic rings. The maximum Gasteiger partial charge on any atom is 0.225 e. The molecule has 3 heterocycles. The second-order valence-corrected chi connectivity index (χ2v) is 6.32. The highest BCUT2D eigenvalue weighted by Crippen LogP contribution is 2.25. The summed E-state index contributed by atoms with van der Waals surface area (Å²) in [6.45, 7) is 2.37. The molecule has 0 radical (unpaired) electrons. The number of amides is 1. The maximum absolute atomic E-state index is 13.4. The predicted molar refractivity (Wildman–Crippen MR) is 85.9 cm³/mol. The fourth-order valence-corrected chi connectivity index (χ4v) is 3.15. The minimum atomic E-state index is -0.313. The molecular formula is C17H19FN4O3. The van der Waals surface area contributed by atoms with Crippen LogP contribution in [0.1, 0.15) is 12.1 Å². The van der Waals surface area contributed by atoms with Crippen LogP contribution in [-0.4, -0.2) is 46.8 Å². The standard InChI is InChI=1S/C17H19FN4O3/c18-13-3-1-2-11(6-13)16-15-10-25-14(8-22(15)21-20-16)7-19-17(23)12-4-5-24-9-12/h1-3,6,12,14H,4-5,7-10H2,(H,19,23)/t12-,14+/m0/s1. The Morgan fingerprint density at radius 1 is 1.44 bits per heavy atom. The van der Waals surface area contributed by atoms with E-state index in [1.54, 1.807) is 16.8 Å². The third kappa shape index (κ3) is 3.40. The molecule has 25 heavy (non-hydrogen) atoms. The Labute approximate surface area is 144 Å². The summed E-state index contributed by atoms with van der Waals surface area (Å²) in [4.78, 5) is 12.0. The molecule has 2 aliphatic rings. The fraction of sp³-hybridized carbons (Fsp3) is 0.471. The molecule has 1 aromatic heterocycles. The molecule has 2 atom stereocenters. The van der Waals surface area contributed by atoms with Crippen LogP contribution in [0, 0.1) is 11.7 Å². The molecule has 0 spiro atoms. The van der Waals surface area contributed by atoms with Crippen molar-refractivity contribution in [3.05, 3.63) is 35.8 Å². The summed E-state index contributed by atoms with van der Waals surface area (Å²) >= 11 is 0. The quantitative estimate of drug-likeness (QED) is 0.898. The van der Waals surface area contributed by atoms with Crippen molar-refractivity contribution in [2.45, 2.75) is 25.7 Å². The van der Waals surface area contributed by atoms with E-state index in [2.05, 4.69) is 15.6 Å². The van der Waals surface area contributed by atoms with Gasteiger partial charge >= 0.3 is 0 Å². The Morgan fingerprint density at radius 3 is 3.16 bits per heavy atom. The number of nitrogens with one attached hydrogen (secondary N) is 1. The first-order valence-electron chi connectivity index (χ1n) is 8.36. The van der Waals surface area contributed by atoms with E-state index in [1.165, 1.54) is 12.1 Å². The normalized spacial score (nSPS) is 22.6. The van der Waals surface area contributed by atoms with Crippen LogP contribution < -0.4 is 5.32 Å². The summed E-state index contributed by atoms with van der Waals surface area (Å²) in [6, 6.07) is 6.26. The van der Waals surface area contributed by atoms with Gasteiger partial charge in [0.15, 0.2) is 0 Å². The Bertz CT molecular complexity index is 773. The van der Waals surface area contributed by atoms with Gasteiger partial charge in [-0.15, -0.1) is 5.10 Å². The van der Waals surface area contributed by atoms with Crippen molar-refractivity contribution in [2.75, 3.05) is 19.8 Å². The Hall–Kier alpha value is -2.32. The van der Waals surface area contributed by atoms with Gasteiger partial charge in [-0.25, -0.2) is 9.07 Å². The van der Waals surface area contributed by atoms with E-state index in [-0.39, 0.29) is 23.7 Å². The van der Waals surface area contributed by atoms with Crippen LogP contribution in [0.4, 0.5) is 4.39 Å². The van der Waals surface area contributed by atoms with Gasteiger partial charge in [-0.3, -0.25) is 4.79 Å². The highest BCUT2D eigenvalue weighted by Gasteiger charge is 2.27. The molecule has 1 N–H and O–H groups in total. The van der Waals surface area contributed by atoms with Crippen LogP contribution in [0.15, 0.2) is 24.3 Å². The number of fused-ring (bicyclic) bond motifs is 1. The number of nitrogens with zero attached hydrogens (tertiary/aromatic N) is 3. The van der Waals surface area contributed by atoms with Gasteiger partial charge in [-0.2, -0.15) is 0 Å². The maximum atomic E-state index is 13.4. The van der Waals surface area contributed by atoms with Crippen LogP contribution >= 0.6 is 0 Å². The fourth-order valence-electron chi connectivity index (χ4n) is 3.15. The third-order valence-corrected chi connectivity index (χ3v) is 4.57. The van der Waals surface area contributed by atoms with Crippen molar-refractivity contribution >= 4 is 5.91 Å². The van der Waals surface area contributed by atoms with Crippen LogP contribution in [0.3, 0.4) is 0 Å². The van der Waals surface area contributed by atoms with E-state index in [4.69, 9.17) is 9.47 Å². The molecule has 0 aliphatic carbocycles. The molecule has 1 aromatic carbocycles. The van der Waals surface area contributed by atoms with Gasteiger partial charge in [0.25, 0.3) is 0 Å².